The summed E-state index contributed by atoms with van der Waals surface area (Å²) in [4.78, 5) is 17.7. The van der Waals surface area contributed by atoms with Crippen LogP contribution in [0.15, 0.2) is 48.5 Å². The van der Waals surface area contributed by atoms with Crippen LogP contribution in [0.5, 0.6) is 16.7 Å². The molecule has 1 aliphatic heterocycles. The molecule has 6 nitrogen and oxygen atoms in total. The minimum atomic E-state index is -0.677. The third-order valence-corrected chi connectivity index (χ3v) is 5.83. The Hall–Kier alpha value is -2.64. The van der Waals surface area contributed by atoms with Gasteiger partial charge in [0.25, 0.3) is 5.19 Å². The van der Waals surface area contributed by atoms with Crippen LogP contribution in [0, 0.1) is 5.92 Å². The Morgan fingerprint density at radius 3 is 2.54 bits per heavy atom. The van der Waals surface area contributed by atoms with Crippen molar-refractivity contribution in [2.24, 2.45) is 5.92 Å². The van der Waals surface area contributed by atoms with Crippen LogP contribution in [0.1, 0.15) is 12.8 Å². The van der Waals surface area contributed by atoms with E-state index in [9.17, 15) is 4.79 Å². The molecule has 1 aromatic heterocycles. The maximum absolute atomic E-state index is 11.0. The molecule has 2 heterocycles. The lowest BCUT2D eigenvalue weighted by molar-refractivity contribution is -0.143. The van der Waals surface area contributed by atoms with Crippen LogP contribution in [0.2, 0.25) is 0 Å². The summed E-state index contributed by atoms with van der Waals surface area (Å²) in [5.41, 5.74) is 0.940. The molecule has 0 bridgehead atoms. The Morgan fingerprint density at radius 1 is 1.11 bits per heavy atom. The smallest absolute Gasteiger partial charge is 0.306 e. The lowest BCUT2D eigenvalue weighted by Crippen LogP contribution is -2.38. The Balaban J connectivity index is 1.24. The summed E-state index contributed by atoms with van der Waals surface area (Å²) in [6, 6.07) is 15.5. The molecule has 0 saturated carbocycles. The van der Waals surface area contributed by atoms with Gasteiger partial charge in [-0.15, -0.1) is 0 Å². The average molecular weight is 398 g/mol. The Kier molecular flexibility index (Phi) is 5.73. The highest BCUT2D eigenvalue weighted by atomic mass is 32.1. The number of ether oxygens (including phenoxy) is 2. The van der Waals surface area contributed by atoms with Crippen molar-refractivity contribution in [3.05, 3.63) is 48.5 Å². The van der Waals surface area contributed by atoms with Crippen LogP contribution in [0.4, 0.5) is 0 Å². The van der Waals surface area contributed by atoms with Crippen molar-refractivity contribution < 1.29 is 19.4 Å². The van der Waals surface area contributed by atoms with Gasteiger partial charge in [0.2, 0.25) is 0 Å². The van der Waals surface area contributed by atoms with Crippen LogP contribution in [0.3, 0.4) is 0 Å². The number of para-hydroxylation sites is 1. The molecule has 146 valence electrons. The number of hydrogen-bond acceptors (Lipinski definition) is 6. The molecule has 4 rings (SSSR count). The van der Waals surface area contributed by atoms with E-state index in [-0.39, 0.29) is 5.92 Å². The zero-order chi connectivity index (χ0) is 19.3. The number of nitrogens with zero attached hydrogens (tertiary/aromatic N) is 2. The first kappa shape index (κ1) is 18.7. The summed E-state index contributed by atoms with van der Waals surface area (Å²) in [6.45, 7) is 3.01. The van der Waals surface area contributed by atoms with Crippen molar-refractivity contribution in [1.29, 1.82) is 0 Å². The predicted molar refractivity (Wildman–Crippen MR) is 108 cm³/mol. The van der Waals surface area contributed by atoms with Gasteiger partial charge in [0.1, 0.15) is 18.1 Å². The molecule has 1 N–H and O–H groups in total. The maximum Gasteiger partial charge on any atom is 0.306 e. The van der Waals surface area contributed by atoms with Gasteiger partial charge < -0.3 is 14.6 Å². The van der Waals surface area contributed by atoms with Crippen LogP contribution in [0.25, 0.3) is 10.2 Å². The Morgan fingerprint density at radius 2 is 1.82 bits per heavy atom. The molecule has 3 aromatic rings. The summed E-state index contributed by atoms with van der Waals surface area (Å²) < 4.78 is 12.8. The molecule has 1 saturated heterocycles. The SMILES string of the molecule is O=C(O)C1CCN(CCOc2ccc(Oc3nc4ccccc4s3)cc2)CC1. The fourth-order valence-electron chi connectivity index (χ4n) is 3.30. The highest BCUT2D eigenvalue weighted by Gasteiger charge is 2.24. The van der Waals surface area contributed by atoms with Gasteiger partial charge in [-0.25, -0.2) is 4.98 Å². The van der Waals surface area contributed by atoms with E-state index in [1.54, 1.807) is 0 Å². The van der Waals surface area contributed by atoms with E-state index in [0.717, 1.165) is 41.3 Å². The summed E-state index contributed by atoms with van der Waals surface area (Å²) >= 11 is 1.52. The molecule has 0 radical (unpaired) electrons. The molecule has 1 aliphatic rings. The van der Waals surface area contributed by atoms with Crippen molar-refractivity contribution in [3.63, 3.8) is 0 Å². The molecule has 0 atom stereocenters. The van der Waals surface area contributed by atoms with Crippen molar-refractivity contribution >= 4 is 27.5 Å². The molecular formula is C21H22N2O4S. The topological polar surface area (TPSA) is 71.9 Å². The zero-order valence-corrected chi connectivity index (χ0v) is 16.2. The van der Waals surface area contributed by atoms with Gasteiger partial charge in [-0.2, -0.15) is 0 Å². The number of likely N-dealkylation sites (tertiary alicyclic amines) is 1. The normalized spacial score (nSPS) is 15.6. The fourth-order valence-corrected chi connectivity index (χ4v) is 4.13. The average Bonchev–Trinajstić information content (AvgIpc) is 3.12. The number of carboxylic acids is 1. The van der Waals surface area contributed by atoms with E-state index >= 15 is 0 Å². The van der Waals surface area contributed by atoms with E-state index in [1.807, 2.05) is 48.5 Å². The van der Waals surface area contributed by atoms with Crippen molar-refractivity contribution in [1.82, 2.24) is 9.88 Å². The number of rotatable bonds is 7. The van der Waals surface area contributed by atoms with E-state index in [0.29, 0.717) is 24.6 Å². The second kappa shape index (κ2) is 8.58. The van der Waals surface area contributed by atoms with E-state index in [1.165, 1.54) is 11.3 Å². The largest absolute Gasteiger partial charge is 0.492 e. The van der Waals surface area contributed by atoms with E-state index < -0.39 is 5.97 Å². The third kappa shape index (κ3) is 4.61. The summed E-state index contributed by atoms with van der Waals surface area (Å²) in [6.07, 6.45) is 1.43. The number of hydrogen-bond donors (Lipinski definition) is 1. The third-order valence-electron chi connectivity index (χ3n) is 4.92. The molecule has 0 spiro atoms. The Bertz CT molecular complexity index is 900. The fraction of sp³-hybridized carbons (Fsp3) is 0.333. The monoisotopic (exact) mass is 398 g/mol. The molecule has 1 fully saturated rings. The number of fused-ring (bicyclic) bond motifs is 1. The van der Waals surface area contributed by atoms with Gasteiger partial charge in [-0.1, -0.05) is 23.5 Å². The highest BCUT2D eigenvalue weighted by molar-refractivity contribution is 7.20. The molecular weight excluding hydrogens is 376 g/mol. The molecule has 28 heavy (non-hydrogen) atoms. The summed E-state index contributed by atoms with van der Waals surface area (Å²) in [5, 5.41) is 9.67. The lowest BCUT2D eigenvalue weighted by Gasteiger charge is -2.29. The molecule has 0 aliphatic carbocycles. The molecule has 7 heteroatoms. The number of aliphatic carboxylic acids is 1. The quantitative estimate of drug-likeness (QED) is 0.641. The summed E-state index contributed by atoms with van der Waals surface area (Å²) in [5.74, 6) is 0.642. The zero-order valence-electron chi connectivity index (χ0n) is 15.4. The molecule has 2 aromatic carbocycles. The van der Waals surface area contributed by atoms with Crippen molar-refractivity contribution in [3.8, 4) is 16.7 Å². The van der Waals surface area contributed by atoms with E-state index in [4.69, 9.17) is 14.6 Å². The second-order valence-electron chi connectivity index (χ2n) is 6.82. The minimum absolute atomic E-state index is 0.194. The molecule has 0 amide bonds. The van der Waals surface area contributed by atoms with Gasteiger partial charge in [0.15, 0.2) is 0 Å². The van der Waals surface area contributed by atoms with Gasteiger partial charge in [0.05, 0.1) is 16.1 Å². The van der Waals surface area contributed by atoms with Crippen molar-refractivity contribution in [2.75, 3.05) is 26.2 Å². The number of carbonyl (C=O) groups is 1. The first-order valence-electron chi connectivity index (χ1n) is 9.39. The minimum Gasteiger partial charge on any atom is -0.492 e. The van der Waals surface area contributed by atoms with Crippen LogP contribution in [-0.2, 0) is 4.79 Å². The summed E-state index contributed by atoms with van der Waals surface area (Å²) in [7, 11) is 0. The number of piperidine rings is 1. The first-order chi connectivity index (χ1) is 13.7. The van der Waals surface area contributed by atoms with Gasteiger partial charge >= 0.3 is 5.97 Å². The maximum atomic E-state index is 11.0. The van der Waals surface area contributed by atoms with Gasteiger partial charge in [-0.3, -0.25) is 9.69 Å². The second-order valence-corrected chi connectivity index (χ2v) is 7.82. The Labute approximate surface area is 167 Å². The number of aromatic nitrogens is 1. The number of thiazole rings is 1. The number of benzene rings is 2. The van der Waals surface area contributed by atoms with Crippen molar-refractivity contribution in [2.45, 2.75) is 12.8 Å². The van der Waals surface area contributed by atoms with Gasteiger partial charge in [-0.05, 0) is 62.3 Å². The van der Waals surface area contributed by atoms with Crippen LogP contribution >= 0.6 is 11.3 Å². The lowest BCUT2D eigenvalue weighted by atomic mass is 9.97. The highest BCUT2D eigenvalue weighted by Crippen LogP contribution is 2.31. The van der Waals surface area contributed by atoms with Crippen LogP contribution < -0.4 is 9.47 Å². The van der Waals surface area contributed by atoms with Crippen LogP contribution in [-0.4, -0.2) is 47.2 Å². The first-order valence-corrected chi connectivity index (χ1v) is 10.2. The number of carboxylic acid groups (broad SMARTS) is 1. The predicted octanol–water partition coefficient (Wildman–Crippen LogP) is 4.26. The standard InChI is InChI=1S/C21H22N2O4S/c24-20(25)15-9-11-23(12-10-15)13-14-26-16-5-7-17(8-6-16)27-21-22-18-3-1-2-4-19(18)28-21/h1-8,15H,9-14H2,(H,24,25). The van der Waals surface area contributed by atoms with E-state index in [2.05, 4.69) is 9.88 Å². The van der Waals surface area contributed by atoms with Gasteiger partial charge in [0, 0.05) is 6.54 Å². The molecule has 0 unspecified atom stereocenters.